The fraction of sp³-hybridized carbons (Fsp3) is 0.500. The number of amides is 1. The fourth-order valence-electron chi connectivity index (χ4n) is 4.08. The Bertz CT molecular complexity index is 712. The molecule has 0 radical (unpaired) electrons. The standard InChI is InChI=1S/C22H29N3O/c26-22(20-11-8-16-25(20)19-12-13-19)23-17-21(18-9-4-3-5-10-18)24-14-6-1-2-7-15-24/h3-5,8-11,16,19,21H,1-2,6-7,12-15,17H2,(H,23,26)/t21-/m1/s1. The van der Waals surface area contributed by atoms with Gasteiger partial charge in [-0.3, -0.25) is 9.69 Å². The van der Waals surface area contributed by atoms with E-state index in [0.717, 1.165) is 18.8 Å². The number of benzene rings is 1. The molecule has 1 aliphatic heterocycles. The molecule has 2 heterocycles. The summed E-state index contributed by atoms with van der Waals surface area (Å²) in [4.78, 5) is 15.4. The highest BCUT2D eigenvalue weighted by Gasteiger charge is 2.27. The summed E-state index contributed by atoms with van der Waals surface area (Å²) < 4.78 is 2.14. The molecule has 0 unspecified atom stereocenters. The zero-order valence-corrected chi connectivity index (χ0v) is 15.4. The van der Waals surface area contributed by atoms with Crippen LogP contribution in [0.5, 0.6) is 0 Å². The van der Waals surface area contributed by atoms with E-state index in [-0.39, 0.29) is 11.9 Å². The van der Waals surface area contributed by atoms with Gasteiger partial charge in [0, 0.05) is 18.8 Å². The molecular formula is C22H29N3O. The van der Waals surface area contributed by atoms with Gasteiger partial charge in [-0.2, -0.15) is 0 Å². The Labute approximate surface area is 156 Å². The zero-order chi connectivity index (χ0) is 17.8. The van der Waals surface area contributed by atoms with E-state index in [2.05, 4.69) is 45.1 Å². The van der Waals surface area contributed by atoms with E-state index >= 15 is 0 Å². The molecule has 1 aromatic carbocycles. The topological polar surface area (TPSA) is 37.3 Å². The SMILES string of the molecule is O=C(NC[C@H](c1ccccc1)N1CCCCCC1)c1cccn1C1CC1. The smallest absolute Gasteiger partial charge is 0.267 e. The van der Waals surface area contributed by atoms with Crippen molar-refractivity contribution in [3.05, 3.63) is 59.9 Å². The van der Waals surface area contributed by atoms with Crippen LogP contribution in [0.15, 0.2) is 48.7 Å². The molecule has 1 aliphatic carbocycles. The molecule has 26 heavy (non-hydrogen) atoms. The lowest BCUT2D eigenvalue weighted by Gasteiger charge is -2.31. The molecule has 1 atom stereocenters. The minimum atomic E-state index is 0.0534. The second kappa shape index (κ2) is 8.09. The maximum Gasteiger partial charge on any atom is 0.267 e. The van der Waals surface area contributed by atoms with Gasteiger partial charge in [-0.1, -0.05) is 43.2 Å². The van der Waals surface area contributed by atoms with Crippen LogP contribution < -0.4 is 5.32 Å². The van der Waals surface area contributed by atoms with Gasteiger partial charge in [-0.25, -0.2) is 0 Å². The van der Waals surface area contributed by atoms with Crippen molar-refractivity contribution in [2.45, 2.75) is 50.6 Å². The number of carbonyl (C=O) groups excluding carboxylic acids is 1. The zero-order valence-electron chi connectivity index (χ0n) is 15.4. The lowest BCUT2D eigenvalue weighted by atomic mass is 10.0. The minimum Gasteiger partial charge on any atom is -0.349 e. The summed E-state index contributed by atoms with van der Waals surface area (Å²) in [5, 5.41) is 3.22. The van der Waals surface area contributed by atoms with E-state index < -0.39 is 0 Å². The van der Waals surface area contributed by atoms with Gasteiger partial charge >= 0.3 is 0 Å². The van der Waals surface area contributed by atoms with Crippen molar-refractivity contribution in [1.29, 1.82) is 0 Å². The van der Waals surface area contributed by atoms with Crippen molar-refractivity contribution in [3.63, 3.8) is 0 Å². The highest BCUT2D eigenvalue weighted by Crippen LogP contribution is 2.36. The quantitative estimate of drug-likeness (QED) is 0.848. The predicted molar refractivity (Wildman–Crippen MR) is 104 cm³/mol. The van der Waals surface area contributed by atoms with Crippen molar-refractivity contribution < 1.29 is 4.79 Å². The first-order valence-electron chi connectivity index (χ1n) is 10.1. The lowest BCUT2D eigenvalue weighted by Crippen LogP contribution is -2.39. The molecule has 0 bridgehead atoms. The molecule has 1 saturated carbocycles. The first kappa shape index (κ1) is 17.3. The highest BCUT2D eigenvalue weighted by molar-refractivity contribution is 5.92. The van der Waals surface area contributed by atoms with Crippen LogP contribution >= 0.6 is 0 Å². The molecule has 0 spiro atoms. The van der Waals surface area contributed by atoms with Crippen LogP contribution in [0.3, 0.4) is 0 Å². The summed E-state index contributed by atoms with van der Waals surface area (Å²) in [6, 6.07) is 15.3. The maximum absolute atomic E-state index is 12.8. The molecule has 138 valence electrons. The maximum atomic E-state index is 12.8. The van der Waals surface area contributed by atoms with Crippen LogP contribution in [0.25, 0.3) is 0 Å². The molecule has 4 heteroatoms. The number of hydrogen-bond donors (Lipinski definition) is 1. The highest BCUT2D eigenvalue weighted by atomic mass is 16.1. The first-order chi connectivity index (χ1) is 12.8. The molecule has 2 aliphatic rings. The van der Waals surface area contributed by atoms with Gasteiger partial charge in [0.2, 0.25) is 0 Å². The Kier molecular flexibility index (Phi) is 5.40. The van der Waals surface area contributed by atoms with Crippen molar-refractivity contribution in [1.82, 2.24) is 14.8 Å². The third kappa shape index (κ3) is 4.01. The number of carbonyl (C=O) groups is 1. The van der Waals surface area contributed by atoms with Gasteiger partial charge in [0.05, 0.1) is 6.04 Å². The van der Waals surface area contributed by atoms with E-state index in [4.69, 9.17) is 0 Å². The van der Waals surface area contributed by atoms with E-state index in [9.17, 15) is 4.79 Å². The summed E-state index contributed by atoms with van der Waals surface area (Å²) in [6.45, 7) is 2.90. The minimum absolute atomic E-state index is 0.0534. The van der Waals surface area contributed by atoms with Crippen LogP contribution in [0.4, 0.5) is 0 Å². The third-order valence-electron chi connectivity index (χ3n) is 5.67. The average Bonchev–Trinajstić information content (AvgIpc) is 3.46. The molecule has 1 saturated heterocycles. The molecule has 4 nitrogen and oxygen atoms in total. The van der Waals surface area contributed by atoms with Gasteiger partial charge < -0.3 is 9.88 Å². The van der Waals surface area contributed by atoms with Crippen molar-refractivity contribution in [2.24, 2.45) is 0 Å². The van der Waals surface area contributed by atoms with Crippen molar-refractivity contribution in [3.8, 4) is 0 Å². The predicted octanol–water partition coefficient (Wildman–Crippen LogP) is 4.17. The Balaban J connectivity index is 1.47. The molecule has 1 N–H and O–H groups in total. The second-order valence-electron chi connectivity index (χ2n) is 7.62. The Hall–Kier alpha value is -2.07. The van der Waals surface area contributed by atoms with Gasteiger partial charge in [-0.05, 0) is 56.5 Å². The average molecular weight is 351 g/mol. The number of hydrogen-bond acceptors (Lipinski definition) is 2. The van der Waals surface area contributed by atoms with Gasteiger partial charge in [0.15, 0.2) is 0 Å². The fourth-order valence-corrected chi connectivity index (χ4v) is 4.08. The van der Waals surface area contributed by atoms with E-state index in [1.165, 1.54) is 44.1 Å². The van der Waals surface area contributed by atoms with E-state index in [1.54, 1.807) is 0 Å². The largest absolute Gasteiger partial charge is 0.349 e. The number of rotatable bonds is 6. The normalized spacial score (nSPS) is 19.7. The summed E-state index contributed by atoms with van der Waals surface area (Å²) in [6.07, 6.45) is 9.56. The Morgan fingerprint density at radius 2 is 1.73 bits per heavy atom. The lowest BCUT2D eigenvalue weighted by molar-refractivity contribution is 0.0923. The number of likely N-dealkylation sites (tertiary alicyclic amines) is 1. The summed E-state index contributed by atoms with van der Waals surface area (Å²) >= 11 is 0. The van der Waals surface area contributed by atoms with E-state index in [1.807, 2.05) is 18.3 Å². The van der Waals surface area contributed by atoms with Crippen LogP contribution in [0, 0.1) is 0 Å². The number of nitrogens with one attached hydrogen (secondary N) is 1. The van der Waals surface area contributed by atoms with Crippen LogP contribution in [-0.4, -0.2) is 35.0 Å². The van der Waals surface area contributed by atoms with Gasteiger partial charge in [-0.15, -0.1) is 0 Å². The van der Waals surface area contributed by atoms with Crippen molar-refractivity contribution >= 4 is 5.91 Å². The molecule has 2 fully saturated rings. The molecular weight excluding hydrogens is 322 g/mol. The number of nitrogens with zero attached hydrogens (tertiary/aromatic N) is 2. The summed E-state index contributed by atoms with van der Waals surface area (Å²) in [5.74, 6) is 0.0534. The van der Waals surface area contributed by atoms with Crippen molar-refractivity contribution in [2.75, 3.05) is 19.6 Å². The van der Waals surface area contributed by atoms with E-state index in [0.29, 0.717) is 12.6 Å². The summed E-state index contributed by atoms with van der Waals surface area (Å²) in [5.41, 5.74) is 2.10. The molecule has 1 aromatic heterocycles. The van der Waals surface area contributed by atoms with Crippen LogP contribution in [0.2, 0.25) is 0 Å². The number of aromatic nitrogens is 1. The summed E-state index contributed by atoms with van der Waals surface area (Å²) in [7, 11) is 0. The van der Waals surface area contributed by atoms with Gasteiger partial charge in [0.1, 0.15) is 5.69 Å². The molecule has 4 rings (SSSR count). The first-order valence-corrected chi connectivity index (χ1v) is 10.1. The molecule has 1 amide bonds. The van der Waals surface area contributed by atoms with Crippen LogP contribution in [-0.2, 0) is 0 Å². The molecule has 2 aromatic rings. The van der Waals surface area contributed by atoms with Crippen LogP contribution in [0.1, 0.15) is 66.7 Å². The second-order valence-corrected chi connectivity index (χ2v) is 7.62. The third-order valence-corrected chi connectivity index (χ3v) is 5.67. The monoisotopic (exact) mass is 351 g/mol. The Morgan fingerprint density at radius 3 is 2.42 bits per heavy atom. The van der Waals surface area contributed by atoms with Gasteiger partial charge in [0.25, 0.3) is 5.91 Å². The Morgan fingerprint density at radius 1 is 1.00 bits per heavy atom.